The van der Waals surface area contributed by atoms with Crippen molar-refractivity contribution in [1.82, 2.24) is 10.2 Å². The fourth-order valence-corrected chi connectivity index (χ4v) is 2.18. The molecule has 2 unspecified atom stereocenters. The van der Waals surface area contributed by atoms with Crippen molar-refractivity contribution in [1.29, 1.82) is 0 Å². The van der Waals surface area contributed by atoms with E-state index < -0.39 is 6.04 Å². The van der Waals surface area contributed by atoms with Crippen LogP contribution < -0.4 is 5.32 Å². The normalized spacial score (nSPS) is 21.9. The van der Waals surface area contributed by atoms with Crippen LogP contribution >= 0.6 is 0 Å². The minimum Gasteiger partial charge on any atom is -0.394 e. The number of amides is 2. The zero-order chi connectivity index (χ0) is 12.1. The number of likely N-dealkylation sites (tertiary alicyclic amines) is 1. The Morgan fingerprint density at radius 1 is 1.56 bits per heavy atom. The smallest absolute Gasteiger partial charge is 0.247 e. The number of hydrogen-bond donors (Lipinski definition) is 2. The van der Waals surface area contributed by atoms with E-state index >= 15 is 0 Å². The van der Waals surface area contributed by atoms with E-state index in [-0.39, 0.29) is 24.5 Å². The fraction of sp³-hybridized carbons (Fsp3) is 0.818. The first-order chi connectivity index (χ1) is 7.60. The second-order valence-electron chi connectivity index (χ2n) is 4.17. The van der Waals surface area contributed by atoms with Gasteiger partial charge >= 0.3 is 0 Å². The Morgan fingerprint density at radius 2 is 2.25 bits per heavy atom. The summed E-state index contributed by atoms with van der Waals surface area (Å²) in [4.78, 5) is 24.7. The van der Waals surface area contributed by atoms with Gasteiger partial charge in [-0.3, -0.25) is 9.59 Å². The summed E-state index contributed by atoms with van der Waals surface area (Å²) in [7, 11) is 0. The Kier molecular flexibility index (Phi) is 4.73. The van der Waals surface area contributed by atoms with Crippen LogP contribution in [0.25, 0.3) is 0 Å². The summed E-state index contributed by atoms with van der Waals surface area (Å²) < 4.78 is 0. The lowest BCUT2D eigenvalue weighted by atomic mass is 10.1. The van der Waals surface area contributed by atoms with Gasteiger partial charge in [0.25, 0.3) is 0 Å². The third kappa shape index (κ3) is 2.95. The summed E-state index contributed by atoms with van der Waals surface area (Å²) in [6.45, 7) is 3.78. The SMILES string of the molecule is CCC1CCCN1C(=O)C(CO)NC(C)=O. The molecule has 2 amide bonds. The maximum atomic E-state index is 12.0. The monoisotopic (exact) mass is 228 g/mol. The number of aliphatic hydroxyl groups is 1. The van der Waals surface area contributed by atoms with Gasteiger partial charge in [0, 0.05) is 19.5 Å². The molecule has 1 saturated heterocycles. The first kappa shape index (κ1) is 13.0. The number of rotatable bonds is 4. The second kappa shape index (κ2) is 5.84. The van der Waals surface area contributed by atoms with Gasteiger partial charge < -0.3 is 15.3 Å². The molecule has 5 heteroatoms. The molecule has 1 rings (SSSR count). The maximum absolute atomic E-state index is 12.0. The lowest BCUT2D eigenvalue weighted by Gasteiger charge is -2.27. The van der Waals surface area contributed by atoms with Crippen LogP contribution in [0, 0.1) is 0 Å². The molecular formula is C11H20N2O3. The molecule has 0 aromatic rings. The zero-order valence-corrected chi connectivity index (χ0v) is 9.90. The standard InChI is InChI=1S/C11H20N2O3/c1-3-9-5-4-6-13(9)11(16)10(7-14)12-8(2)15/h9-10,14H,3-7H2,1-2H3,(H,12,15). The fourth-order valence-electron chi connectivity index (χ4n) is 2.18. The highest BCUT2D eigenvalue weighted by atomic mass is 16.3. The van der Waals surface area contributed by atoms with E-state index in [0.29, 0.717) is 0 Å². The van der Waals surface area contributed by atoms with E-state index in [4.69, 9.17) is 5.11 Å². The summed E-state index contributed by atoms with van der Waals surface area (Å²) in [6.07, 6.45) is 2.94. The zero-order valence-electron chi connectivity index (χ0n) is 9.90. The molecule has 0 bridgehead atoms. The van der Waals surface area contributed by atoms with E-state index in [1.807, 2.05) is 6.92 Å². The van der Waals surface area contributed by atoms with Gasteiger partial charge in [-0.05, 0) is 19.3 Å². The number of aliphatic hydroxyl groups excluding tert-OH is 1. The van der Waals surface area contributed by atoms with Crippen LogP contribution in [0.1, 0.15) is 33.1 Å². The minimum absolute atomic E-state index is 0.165. The third-order valence-corrected chi connectivity index (χ3v) is 2.99. The van der Waals surface area contributed by atoms with Crippen molar-refractivity contribution >= 4 is 11.8 Å². The molecule has 92 valence electrons. The highest BCUT2D eigenvalue weighted by Crippen LogP contribution is 2.20. The number of nitrogens with one attached hydrogen (secondary N) is 1. The molecule has 5 nitrogen and oxygen atoms in total. The van der Waals surface area contributed by atoms with Crippen LogP contribution in [0.2, 0.25) is 0 Å². The molecule has 1 fully saturated rings. The van der Waals surface area contributed by atoms with Crippen LogP contribution in [0.5, 0.6) is 0 Å². The predicted octanol–water partition coefficient (Wildman–Crippen LogP) is -0.116. The molecule has 0 spiro atoms. The highest BCUT2D eigenvalue weighted by Gasteiger charge is 2.32. The van der Waals surface area contributed by atoms with Gasteiger partial charge in [-0.25, -0.2) is 0 Å². The lowest BCUT2D eigenvalue weighted by molar-refractivity contribution is -0.137. The summed E-state index contributed by atoms with van der Waals surface area (Å²) in [5.74, 6) is -0.457. The van der Waals surface area contributed by atoms with Crippen molar-refractivity contribution in [2.75, 3.05) is 13.2 Å². The van der Waals surface area contributed by atoms with Gasteiger partial charge in [-0.1, -0.05) is 6.92 Å². The molecule has 0 aliphatic carbocycles. The lowest BCUT2D eigenvalue weighted by Crippen LogP contribution is -2.51. The molecule has 2 atom stereocenters. The summed E-state index contributed by atoms with van der Waals surface area (Å²) >= 11 is 0. The third-order valence-electron chi connectivity index (χ3n) is 2.99. The van der Waals surface area contributed by atoms with Crippen molar-refractivity contribution < 1.29 is 14.7 Å². The number of nitrogens with zero attached hydrogens (tertiary/aromatic N) is 1. The molecule has 1 aliphatic rings. The Balaban J connectivity index is 2.63. The Bertz CT molecular complexity index is 268. The van der Waals surface area contributed by atoms with Crippen LogP contribution in [0.15, 0.2) is 0 Å². The van der Waals surface area contributed by atoms with E-state index in [2.05, 4.69) is 5.32 Å². The number of carbonyl (C=O) groups is 2. The molecule has 1 heterocycles. The van der Waals surface area contributed by atoms with Crippen molar-refractivity contribution in [2.45, 2.75) is 45.2 Å². The van der Waals surface area contributed by atoms with Crippen LogP contribution in [0.4, 0.5) is 0 Å². The van der Waals surface area contributed by atoms with Crippen LogP contribution in [-0.4, -0.2) is 47.1 Å². The Morgan fingerprint density at radius 3 is 2.75 bits per heavy atom. The first-order valence-corrected chi connectivity index (χ1v) is 5.78. The van der Waals surface area contributed by atoms with Crippen LogP contribution in [-0.2, 0) is 9.59 Å². The second-order valence-corrected chi connectivity index (χ2v) is 4.17. The van der Waals surface area contributed by atoms with Gasteiger partial charge in [-0.15, -0.1) is 0 Å². The summed E-state index contributed by atoms with van der Waals surface area (Å²) in [6, 6.07) is -0.528. The number of carbonyl (C=O) groups excluding carboxylic acids is 2. The van der Waals surface area contributed by atoms with Crippen molar-refractivity contribution in [2.24, 2.45) is 0 Å². The minimum atomic E-state index is -0.787. The quantitative estimate of drug-likeness (QED) is 0.705. The average Bonchev–Trinajstić information content (AvgIpc) is 2.72. The van der Waals surface area contributed by atoms with E-state index in [1.165, 1.54) is 6.92 Å². The van der Waals surface area contributed by atoms with Crippen molar-refractivity contribution in [3.05, 3.63) is 0 Å². The first-order valence-electron chi connectivity index (χ1n) is 5.78. The largest absolute Gasteiger partial charge is 0.394 e. The predicted molar refractivity (Wildman–Crippen MR) is 59.7 cm³/mol. The average molecular weight is 228 g/mol. The van der Waals surface area contributed by atoms with E-state index in [1.54, 1.807) is 4.90 Å². The molecule has 0 aromatic heterocycles. The summed E-state index contributed by atoms with van der Waals surface area (Å²) in [5.41, 5.74) is 0. The number of hydrogen-bond acceptors (Lipinski definition) is 3. The molecule has 0 aromatic carbocycles. The van der Waals surface area contributed by atoms with Gasteiger partial charge in [0.1, 0.15) is 6.04 Å². The van der Waals surface area contributed by atoms with Gasteiger partial charge in [0.15, 0.2) is 0 Å². The molecule has 16 heavy (non-hydrogen) atoms. The van der Waals surface area contributed by atoms with E-state index in [9.17, 15) is 9.59 Å². The molecular weight excluding hydrogens is 208 g/mol. The Hall–Kier alpha value is -1.10. The van der Waals surface area contributed by atoms with Crippen molar-refractivity contribution in [3.63, 3.8) is 0 Å². The molecule has 1 aliphatic heterocycles. The van der Waals surface area contributed by atoms with Crippen molar-refractivity contribution in [3.8, 4) is 0 Å². The summed E-state index contributed by atoms with van der Waals surface area (Å²) in [5, 5.41) is 11.6. The molecule has 0 saturated carbocycles. The topological polar surface area (TPSA) is 69.6 Å². The molecule has 2 N–H and O–H groups in total. The van der Waals surface area contributed by atoms with Crippen LogP contribution in [0.3, 0.4) is 0 Å². The van der Waals surface area contributed by atoms with E-state index in [0.717, 1.165) is 25.8 Å². The molecule has 0 radical (unpaired) electrons. The van der Waals surface area contributed by atoms with Gasteiger partial charge in [0.05, 0.1) is 6.61 Å². The van der Waals surface area contributed by atoms with Gasteiger partial charge in [-0.2, -0.15) is 0 Å². The highest BCUT2D eigenvalue weighted by molar-refractivity contribution is 5.87. The van der Waals surface area contributed by atoms with Gasteiger partial charge in [0.2, 0.25) is 11.8 Å². The maximum Gasteiger partial charge on any atom is 0.247 e. The Labute approximate surface area is 95.8 Å².